The van der Waals surface area contributed by atoms with Crippen LogP contribution < -0.4 is 10.6 Å². The molecule has 3 N–H and O–H groups in total. The van der Waals surface area contributed by atoms with Crippen molar-refractivity contribution >= 4 is 23.3 Å². The summed E-state index contributed by atoms with van der Waals surface area (Å²) in [5, 5.41) is 24.8. The number of hydrogen-bond acceptors (Lipinski definition) is 8. The minimum Gasteiger partial charge on any atom is -0.478 e. The van der Waals surface area contributed by atoms with Crippen LogP contribution in [0.3, 0.4) is 0 Å². The van der Waals surface area contributed by atoms with Crippen molar-refractivity contribution in [2.24, 2.45) is 0 Å². The number of nitriles is 1. The van der Waals surface area contributed by atoms with Gasteiger partial charge in [0.05, 0.1) is 18.1 Å². The second-order valence-corrected chi connectivity index (χ2v) is 7.31. The minimum atomic E-state index is -1.02. The number of hydrogen-bond donors (Lipinski definition) is 3. The van der Waals surface area contributed by atoms with Gasteiger partial charge in [0.25, 0.3) is 0 Å². The summed E-state index contributed by atoms with van der Waals surface area (Å²) in [4.78, 5) is 26.3. The molecule has 0 aromatic carbocycles. The molecule has 2 aromatic heterocycles. The van der Waals surface area contributed by atoms with Crippen LogP contribution in [0.25, 0.3) is 0 Å². The zero-order valence-corrected chi connectivity index (χ0v) is 15.5. The topological polar surface area (TPSA) is 127 Å². The summed E-state index contributed by atoms with van der Waals surface area (Å²) in [7, 11) is 2.17. The number of carbonyl (C=O) groups is 1. The number of carboxylic acid groups (broad SMARTS) is 1. The lowest BCUT2D eigenvalue weighted by Gasteiger charge is -2.37. The van der Waals surface area contributed by atoms with E-state index >= 15 is 0 Å². The van der Waals surface area contributed by atoms with Crippen LogP contribution in [-0.4, -0.2) is 56.1 Å². The maximum Gasteiger partial charge on any atom is 0.339 e. The van der Waals surface area contributed by atoms with Crippen molar-refractivity contribution in [1.29, 1.82) is 5.26 Å². The summed E-state index contributed by atoms with van der Waals surface area (Å²) in [6, 6.07) is 4.94. The molecule has 9 heteroatoms. The summed E-state index contributed by atoms with van der Waals surface area (Å²) >= 11 is 0. The molecule has 2 aliphatic rings. The first kappa shape index (κ1) is 18.1. The Bertz CT molecular complexity index is 911. The Morgan fingerprint density at radius 2 is 1.89 bits per heavy atom. The number of carboxylic acids is 1. The van der Waals surface area contributed by atoms with Crippen LogP contribution in [0, 0.1) is 11.3 Å². The molecule has 144 valence electrons. The summed E-state index contributed by atoms with van der Waals surface area (Å²) in [6.07, 6.45) is 8.54. The van der Waals surface area contributed by atoms with Gasteiger partial charge in [-0.05, 0) is 32.7 Å². The number of aromatic nitrogens is 3. The molecule has 2 bridgehead atoms. The highest BCUT2D eigenvalue weighted by Crippen LogP contribution is 2.36. The molecule has 3 atom stereocenters. The molecule has 2 aliphatic heterocycles. The van der Waals surface area contributed by atoms with Crippen molar-refractivity contribution in [3.05, 3.63) is 35.9 Å². The van der Waals surface area contributed by atoms with E-state index < -0.39 is 5.97 Å². The first-order chi connectivity index (χ1) is 13.5. The lowest BCUT2D eigenvalue weighted by Crippen LogP contribution is -2.44. The van der Waals surface area contributed by atoms with E-state index in [0.29, 0.717) is 29.4 Å². The standard InChI is InChI=1S/C19H21N7O2/c1-26-13-2-3-14(26)5-11(4-13)24-16-6-17(23-9-15(16)19(27)28)25-18-10-21-12(7-20)8-22-18/h6,8-11,13-14H,2-5H2,1H3,(H,27,28)(H2,22,23,24,25)/t11?,13-,14+. The number of anilines is 3. The number of nitrogens with one attached hydrogen (secondary N) is 2. The second-order valence-electron chi connectivity index (χ2n) is 7.31. The third-order valence-corrected chi connectivity index (χ3v) is 5.61. The molecule has 4 rings (SSSR count). The highest BCUT2D eigenvalue weighted by atomic mass is 16.4. The first-order valence-electron chi connectivity index (χ1n) is 9.24. The van der Waals surface area contributed by atoms with E-state index in [4.69, 9.17) is 5.26 Å². The van der Waals surface area contributed by atoms with E-state index in [-0.39, 0.29) is 17.3 Å². The van der Waals surface area contributed by atoms with E-state index in [1.165, 1.54) is 31.4 Å². The van der Waals surface area contributed by atoms with Gasteiger partial charge in [0.1, 0.15) is 23.3 Å². The predicted octanol–water partition coefficient (Wildman–Crippen LogP) is 2.22. The van der Waals surface area contributed by atoms with Crippen molar-refractivity contribution in [3.63, 3.8) is 0 Å². The molecule has 0 radical (unpaired) electrons. The van der Waals surface area contributed by atoms with Crippen LogP contribution in [0.1, 0.15) is 41.7 Å². The van der Waals surface area contributed by atoms with E-state index in [9.17, 15) is 9.90 Å². The SMILES string of the molecule is CN1[C@@H]2CC[C@H]1CC(Nc1cc(Nc3cnc(C#N)cn3)ncc1C(=O)O)C2. The molecule has 2 saturated heterocycles. The van der Waals surface area contributed by atoms with E-state index in [1.54, 1.807) is 6.07 Å². The van der Waals surface area contributed by atoms with Gasteiger partial charge in [0.15, 0.2) is 5.69 Å². The fourth-order valence-electron chi connectivity index (χ4n) is 4.14. The van der Waals surface area contributed by atoms with Crippen LogP contribution in [0.4, 0.5) is 17.3 Å². The highest BCUT2D eigenvalue weighted by Gasteiger charge is 2.38. The van der Waals surface area contributed by atoms with Crippen LogP contribution in [0.2, 0.25) is 0 Å². The Balaban J connectivity index is 1.54. The number of rotatable bonds is 5. The lowest BCUT2D eigenvalue weighted by molar-refractivity contribution is 0.0697. The van der Waals surface area contributed by atoms with Gasteiger partial charge in [-0.15, -0.1) is 0 Å². The predicted molar refractivity (Wildman–Crippen MR) is 102 cm³/mol. The van der Waals surface area contributed by atoms with Gasteiger partial charge in [-0.1, -0.05) is 0 Å². The quantitative estimate of drug-likeness (QED) is 0.716. The van der Waals surface area contributed by atoms with Gasteiger partial charge in [0.2, 0.25) is 0 Å². The van der Waals surface area contributed by atoms with Gasteiger partial charge in [-0.3, -0.25) is 0 Å². The molecule has 9 nitrogen and oxygen atoms in total. The molecule has 2 aromatic rings. The fraction of sp³-hybridized carbons (Fsp3) is 0.421. The summed E-state index contributed by atoms with van der Waals surface area (Å²) in [5.74, 6) is -0.129. The van der Waals surface area contributed by atoms with Crippen LogP contribution in [0.5, 0.6) is 0 Å². The van der Waals surface area contributed by atoms with Gasteiger partial charge < -0.3 is 20.6 Å². The van der Waals surface area contributed by atoms with Crippen molar-refractivity contribution in [2.75, 3.05) is 17.7 Å². The van der Waals surface area contributed by atoms with Crippen molar-refractivity contribution in [3.8, 4) is 6.07 Å². The van der Waals surface area contributed by atoms with Crippen LogP contribution in [-0.2, 0) is 0 Å². The zero-order chi connectivity index (χ0) is 19.7. The van der Waals surface area contributed by atoms with E-state index in [2.05, 4.69) is 37.5 Å². The molecule has 2 fully saturated rings. The highest BCUT2D eigenvalue weighted by molar-refractivity contribution is 5.94. The lowest BCUT2D eigenvalue weighted by atomic mass is 9.97. The fourth-order valence-corrected chi connectivity index (χ4v) is 4.14. The number of piperidine rings is 1. The molecule has 28 heavy (non-hydrogen) atoms. The third-order valence-electron chi connectivity index (χ3n) is 5.61. The Labute approximate surface area is 162 Å². The smallest absolute Gasteiger partial charge is 0.339 e. The maximum absolute atomic E-state index is 11.6. The Morgan fingerprint density at radius 1 is 1.18 bits per heavy atom. The van der Waals surface area contributed by atoms with Crippen molar-refractivity contribution in [2.45, 2.75) is 43.8 Å². The molecule has 0 saturated carbocycles. The molecular formula is C19H21N7O2. The molecule has 0 aliphatic carbocycles. The molecule has 0 spiro atoms. The zero-order valence-electron chi connectivity index (χ0n) is 15.5. The summed E-state index contributed by atoms with van der Waals surface area (Å²) in [6.45, 7) is 0. The molecule has 1 unspecified atom stereocenters. The van der Waals surface area contributed by atoms with E-state index in [0.717, 1.165) is 12.8 Å². The number of aromatic carboxylic acids is 1. The Hall–Kier alpha value is -3.25. The summed E-state index contributed by atoms with van der Waals surface area (Å²) < 4.78 is 0. The van der Waals surface area contributed by atoms with Crippen LogP contribution in [0.15, 0.2) is 24.7 Å². The molecule has 0 amide bonds. The Kier molecular flexibility index (Phi) is 4.79. The monoisotopic (exact) mass is 379 g/mol. The molecule has 4 heterocycles. The third kappa shape index (κ3) is 3.59. The largest absolute Gasteiger partial charge is 0.478 e. The normalized spacial score (nSPS) is 23.8. The van der Waals surface area contributed by atoms with E-state index in [1.807, 2.05) is 6.07 Å². The van der Waals surface area contributed by atoms with Crippen molar-refractivity contribution < 1.29 is 9.90 Å². The minimum absolute atomic E-state index is 0.141. The Morgan fingerprint density at radius 3 is 2.50 bits per heavy atom. The second kappa shape index (κ2) is 7.40. The van der Waals surface area contributed by atoms with Crippen molar-refractivity contribution in [1.82, 2.24) is 19.9 Å². The number of nitrogens with zero attached hydrogens (tertiary/aromatic N) is 5. The maximum atomic E-state index is 11.6. The van der Waals surface area contributed by atoms with Gasteiger partial charge in [-0.2, -0.15) is 5.26 Å². The molecular weight excluding hydrogens is 358 g/mol. The first-order valence-corrected chi connectivity index (χ1v) is 9.24. The summed E-state index contributed by atoms with van der Waals surface area (Å²) in [5.41, 5.74) is 0.905. The van der Waals surface area contributed by atoms with Gasteiger partial charge >= 0.3 is 5.97 Å². The number of pyridine rings is 1. The van der Waals surface area contributed by atoms with Gasteiger partial charge in [0, 0.05) is 30.4 Å². The van der Waals surface area contributed by atoms with Crippen LogP contribution >= 0.6 is 0 Å². The average molecular weight is 379 g/mol. The average Bonchev–Trinajstić information content (AvgIpc) is 2.89. The van der Waals surface area contributed by atoms with Gasteiger partial charge in [-0.25, -0.2) is 19.7 Å². The number of fused-ring (bicyclic) bond motifs is 2.